The van der Waals surface area contributed by atoms with Gasteiger partial charge < -0.3 is 4.42 Å². The van der Waals surface area contributed by atoms with Crippen molar-refractivity contribution in [3.05, 3.63) is 17.8 Å². The summed E-state index contributed by atoms with van der Waals surface area (Å²) in [5.74, 6) is 1.49. The summed E-state index contributed by atoms with van der Waals surface area (Å²) in [5, 5.41) is 0. The van der Waals surface area contributed by atoms with Crippen LogP contribution >= 0.6 is 12.6 Å². The summed E-state index contributed by atoms with van der Waals surface area (Å²) in [5.41, 5.74) is 0.931. The predicted octanol–water partition coefficient (Wildman–Crippen LogP) is 1.41. The zero-order valence-corrected chi connectivity index (χ0v) is 5.48. The molecule has 0 atom stereocenters. The third-order valence-electron chi connectivity index (χ3n) is 0.988. The van der Waals surface area contributed by atoms with Crippen molar-refractivity contribution in [1.29, 1.82) is 0 Å². The normalized spacial score (nSPS) is 9.75. The smallest absolute Gasteiger partial charge is 0.181 e. The van der Waals surface area contributed by atoms with Gasteiger partial charge in [-0.3, -0.25) is 0 Å². The molecule has 0 aromatic carbocycles. The average molecular weight is 129 g/mol. The third-order valence-corrected chi connectivity index (χ3v) is 1.28. The molecule has 0 fully saturated rings. The lowest BCUT2D eigenvalue weighted by molar-refractivity contribution is 0.522. The van der Waals surface area contributed by atoms with E-state index >= 15 is 0 Å². The molecule has 1 heterocycles. The molecule has 2 nitrogen and oxygen atoms in total. The van der Waals surface area contributed by atoms with Crippen LogP contribution in [0.5, 0.6) is 0 Å². The van der Waals surface area contributed by atoms with Crippen molar-refractivity contribution in [3.8, 4) is 0 Å². The Labute approximate surface area is 53.3 Å². The van der Waals surface area contributed by atoms with Gasteiger partial charge in [0.05, 0.1) is 11.4 Å². The molecule has 0 spiro atoms. The molecule has 0 aliphatic carbocycles. The second-order valence-electron chi connectivity index (χ2n) is 1.52. The average Bonchev–Trinajstić information content (AvgIpc) is 2.14. The Morgan fingerprint density at radius 2 is 2.62 bits per heavy atom. The Morgan fingerprint density at radius 1 is 1.88 bits per heavy atom. The lowest BCUT2D eigenvalue weighted by Gasteiger charge is -1.84. The van der Waals surface area contributed by atoms with E-state index < -0.39 is 0 Å². The van der Waals surface area contributed by atoms with Gasteiger partial charge in [0, 0.05) is 0 Å². The number of aromatic nitrogens is 1. The van der Waals surface area contributed by atoms with Crippen molar-refractivity contribution in [2.45, 2.75) is 12.7 Å². The van der Waals surface area contributed by atoms with Crippen LogP contribution < -0.4 is 0 Å². The van der Waals surface area contributed by atoms with Gasteiger partial charge >= 0.3 is 0 Å². The van der Waals surface area contributed by atoms with Gasteiger partial charge in [-0.1, -0.05) is 0 Å². The van der Waals surface area contributed by atoms with E-state index in [0.29, 0.717) is 5.75 Å². The lowest BCUT2D eigenvalue weighted by atomic mass is 10.4. The van der Waals surface area contributed by atoms with E-state index in [1.807, 2.05) is 6.92 Å². The molecule has 44 valence electrons. The van der Waals surface area contributed by atoms with Crippen molar-refractivity contribution in [3.63, 3.8) is 0 Å². The summed E-state index contributed by atoms with van der Waals surface area (Å²) >= 11 is 4.01. The highest BCUT2D eigenvalue weighted by Crippen LogP contribution is 2.06. The minimum absolute atomic E-state index is 0.631. The number of hydrogen-bond donors (Lipinski definition) is 1. The molecule has 0 N–H and O–H groups in total. The van der Waals surface area contributed by atoms with Crippen LogP contribution in [0.3, 0.4) is 0 Å². The van der Waals surface area contributed by atoms with E-state index in [2.05, 4.69) is 17.6 Å². The van der Waals surface area contributed by atoms with Crippen molar-refractivity contribution in [2.75, 3.05) is 0 Å². The van der Waals surface area contributed by atoms with Crippen LogP contribution in [0.4, 0.5) is 0 Å². The predicted molar refractivity (Wildman–Crippen MR) is 33.9 cm³/mol. The van der Waals surface area contributed by atoms with Crippen LogP contribution in [0.15, 0.2) is 10.8 Å². The van der Waals surface area contributed by atoms with Gasteiger partial charge in [-0.15, -0.1) is 0 Å². The largest absolute Gasteiger partial charge is 0.447 e. The fourth-order valence-corrected chi connectivity index (χ4v) is 0.781. The molecule has 0 aliphatic rings. The highest BCUT2D eigenvalue weighted by molar-refractivity contribution is 7.79. The number of oxazole rings is 1. The molecule has 0 amide bonds. The Bertz CT molecular complexity index is 173. The molecule has 3 heteroatoms. The second-order valence-corrected chi connectivity index (χ2v) is 1.84. The second kappa shape index (κ2) is 2.22. The van der Waals surface area contributed by atoms with E-state index in [4.69, 9.17) is 4.42 Å². The highest BCUT2D eigenvalue weighted by Gasteiger charge is 1.97. The van der Waals surface area contributed by atoms with Crippen LogP contribution in [0, 0.1) is 6.92 Å². The number of hydrogen-bond acceptors (Lipinski definition) is 3. The molecule has 1 rings (SSSR count). The lowest BCUT2D eigenvalue weighted by Crippen LogP contribution is -1.75. The van der Waals surface area contributed by atoms with E-state index in [1.165, 1.54) is 6.39 Å². The zero-order valence-electron chi connectivity index (χ0n) is 4.59. The number of thiol groups is 1. The van der Waals surface area contributed by atoms with Crippen LogP contribution in [-0.4, -0.2) is 4.98 Å². The van der Waals surface area contributed by atoms with Crippen LogP contribution in [0.1, 0.15) is 11.5 Å². The number of rotatable bonds is 1. The van der Waals surface area contributed by atoms with E-state index in [0.717, 1.165) is 11.5 Å². The molecule has 0 saturated carbocycles. The van der Waals surface area contributed by atoms with Gasteiger partial charge in [-0.05, 0) is 6.92 Å². The SMILES string of the molecule is Cc1ncoc1CS. The first-order valence-corrected chi connectivity index (χ1v) is 2.97. The molecule has 8 heavy (non-hydrogen) atoms. The summed E-state index contributed by atoms with van der Waals surface area (Å²) < 4.78 is 4.93. The molecule has 1 aromatic rings. The minimum atomic E-state index is 0.631. The third kappa shape index (κ3) is 0.865. The highest BCUT2D eigenvalue weighted by atomic mass is 32.1. The summed E-state index contributed by atoms with van der Waals surface area (Å²) in [6, 6.07) is 0. The van der Waals surface area contributed by atoms with Gasteiger partial charge in [0.15, 0.2) is 6.39 Å². The van der Waals surface area contributed by atoms with Gasteiger partial charge in [0.25, 0.3) is 0 Å². The Morgan fingerprint density at radius 3 is 2.88 bits per heavy atom. The molecule has 0 unspecified atom stereocenters. The molecular weight excluding hydrogens is 122 g/mol. The van der Waals surface area contributed by atoms with Crippen molar-refractivity contribution in [1.82, 2.24) is 4.98 Å². The van der Waals surface area contributed by atoms with E-state index in [9.17, 15) is 0 Å². The van der Waals surface area contributed by atoms with Gasteiger partial charge in [-0.25, -0.2) is 4.98 Å². The van der Waals surface area contributed by atoms with Gasteiger partial charge in [-0.2, -0.15) is 12.6 Å². The summed E-state index contributed by atoms with van der Waals surface area (Å²) in [6.07, 6.45) is 1.43. The zero-order chi connectivity index (χ0) is 5.98. The van der Waals surface area contributed by atoms with E-state index in [1.54, 1.807) is 0 Å². The fraction of sp³-hybridized carbons (Fsp3) is 0.400. The van der Waals surface area contributed by atoms with Crippen LogP contribution in [-0.2, 0) is 5.75 Å². The maximum Gasteiger partial charge on any atom is 0.181 e. The topological polar surface area (TPSA) is 26.0 Å². The Hall–Kier alpha value is -0.440. The first kappa shape index (κ1) is 5.69. The van der Waals surface area contributed by atoms with Gasteiger partial charge in [0.1, 0.15) is 5.76 Å². The maximum absolute atomic E-state index is 4.93. The molecule has 0 radical (unpaired) electrons. The molecule has 0 saturated heterocycles. The number of aryl methyl sites for hydroxylation is 1. The Balaban J connectivity index is 2.92. The minimum Gasteiger partial charge on any atom is -0.447 e. The summed E-state index contributed by atoms with van der Waals surface area (Å²) in [4.78, 5) is 3.87. The molecule has 0 aliphatic heterocycles. The van der Waals surface area contributed by atoms with Crippen molar-refractivity contribution in [2.24, 2.45) is 0 Å². The first-order chi connectivity index (χ1) is 3.84. The summed E-state index contributed by atoms with van der Waals surface area (Å²) in [6.45, 7) is 1.90. The molecule has 0 bridgehead atoms. The fourth-order valence-electron chi connectivity index (χ4n) is 0.478. The quantitative estimate of drug-likeness (QED) is 0.580. The standard InChI is InChI=1S/C5H7NOS/c1-4-5(2-8)7-3-6-4/h3,8H,2H2,1H3. The molecule has 1 aromatic heterocycles. The Kier molecular flexibility index (Phi) is 1.58. The van der Waals surface area contributed by atoms with Crippen molar-refractivity contribution >= 4 is 12.6 Å². The molecular formula is C5H7NOS. The number of nitrogens with zero attached hydrogens (tertiary/aromatic N) is 1. The summed E-state index contributed by atoms with van der Waals surface area (Å²) in [7, 11) is 0. The first-order valence-electron chi connectivity index (χ1n) is 2.34. The maximum atomic E-state index is 4.93. The van der Waals surface area contributed by atoms with Gasteiger partial charge in [0.2, 0.25) is 0 Å². The monoisotopic (exact) mass is 129 g/mol. The van der Waals surface area contributed by atoms with Crippen LogP contribution in [0.2, 0.25) is 0 Å². The van der Waals surface area contributed by atoms with E-state index in [-0.39, 0.29) is 0 Å². The van der Waals surface area contributed by atoms with Crippen molar-refractivity contribution < 1.29 is 4.42 Å². The van der Waals surface area contributed by atoms with Crippen LogP contribution in [0.25, 0.3) is 0 Å².